The van der Waals surface area contributed by atoms with Gasteiger partial charge in [-0.05, 0) is 49.7 Å². The first-order chi connectivity index (χ1) is 10.0. The molecule has 0 saturated carbocycles. The summed E-state index contributed by atoms with van der Waals surface area (Å²) < 4.78 is 0. The molecular formula is C17H20N2OS. The number of anilines is 2. The van der Waals surface area contributed by atoms with Gasteiger partial charge in [-0.2, -0.15) is 0 Å². The van der Waals surface area contributed by atoms with Crippen molar-refractivity contribution in [1.82, 2.24) is 0 Å². The van der Waals surface area contributed by atoms with E-state index in [9.17, 15) is 4.79 Å². The number of rotatable bonds is 5. The lowest BCUT2D eigenvalue weighted by atomic mass is 10.2. The Kier molecular flexibility index (Phi) is 5.28. The molecule has 21 heavy (non-hydrogen) atoms. The maximum absolute atomic E-state index is 12.0. The van der Waals surface area contributed by atoms with Gasteiger partial charge in [0, 0.05) is 28.4 Å². The summed E-state index contributed by atoms with van der Waals surface area (Å²) in [6.07, 6.45) is 0.489. The zero-order valence-corrected chi connectivity index (χ0v) is 13.2. The van der Waals surface area contributed by atoms with Gasteiger partial charge in [-0.15, -0.1) is 11.8 Å². The van der Waals surface area contributed by atoms with E-state index in [0.717, 1.165) is 17.0 Å². The van der Waals surface area contributed by atoms with E-state index in [1.165, 1.54) is 10.5 Å². The number of hydrogen-bond donors (Lipinski definition) is 2. The molecule has 0 heterocycles. The summed E-state index contributed by atoms with van der Waals surface area (Å²) in [4.78, 5) is 13.2. The van der Waals surface area contributed by atoms with Gasteiger partial charge in [-0.3, -0.25) is 4.79 Å². The average Bonchev–Trinajstić information content (AvgIpc) is 2.42. The van der Waals surface area contributed by atoms with Crippen LogP contribution in [0, 0.1) is 13.8 Å². The van der Waals surface area contributed by atoms with Crippen molar-refractivity contribution in [3.05, 3.63) is 53.6 Å². The van der Waals surface area contributed by atoms with Gasteiger partial charge in [-0.1, -0.05) is 17.7 Å². The topological polar surface area (TPSA) is 55.1 Å². The summed E-state index contributed by atoms with van der Waals surface area (Å²) in [5.74, 6) is 0.798. The summed E-state index contributed by atoms with van der Waals surface area (Å²) >= 11 is 1.70. The van der Waals surface area contributed by atoms with Crippen molar-refractivity contribution >= 4 is 29.0 Å². The molecule has 0 aliphatic heterocycles. The highest BCUT2D eigenvalue weighted by Crippen LogP contribution is 2.21. The molecule has 0 fully saturated rings. The predicted molar refractivity (Wildman–Crippen MR) is 90.7 cm³/mol. The maximum Gasteiger partial charge on any atom is 0.225 e. The number of nitrogens with one attached hydrogen (secondary N) is 1. The van der Waals surface area contributed by atoms with Crippen LogP contribution in [0.5, 0.6) is 0 Å². The molecule has 4 heteroatoms. The normalized spacial score (nSPS) is 10.4. The third kappa shape index (κ3) is 4.83. The Balaban J connectivity index is 1.82. The Morgan fingerprint density at radius 1 is 1.19 bits per heavy atom. The van der Waals surface area contributed by atoms with E-state index in [2.05, 4.69) is 30.4 Å². The van der Waals surface area contributed by atoms with E-state index in [4.69, 9.17) is 5.73 Å². The second-order valence-corrected chi connectivity index (χ2v) is 6.21. The Morgan fingerprint density at radius 3 is 2.71 bits per heavy atom. The third-order valence-corrected chi connectivity index (χ3v) is 4.11. The summed E-state index contributed by atoms with van der Waals surface area (Å²) in [5, 5.41) is 2.93. The molecule has 2 rings (SSSR count). The van der Waals surface area contributed by atoms with Crippen LogP contribution in [-0.4, -0.2) is 11.7 Å². The van der Waals surface area contributed by atoms with E-state index in [1.54, 1.807) is 17.8 Å². The van der Waals surface area contributed by atoms with Crippen molar-refractivity contribution in [1.29, 1.82) is 0 Å². The first-order valence-corrected chi connectivity index (χ1v) is 7.88. The molecule has 0 saturated heterocycles. The first-order valence-electron chi connectivity index (χ1n) is 6.90. The SMILES string of the molecule is Cc1cccc(SCCC(=O)Nc2ccc(N)cc2C)c1. The molecule has 0 aliphatic carbocycles. The highest BCUT2D eigenvalue weighted by molar-refractivity contribution is 7.99. The van der Waals surface area contributed by atoms with E-state index in [1.807, 2.05) is 25.1 Å². The number of aryl methyl sites for hydroxylation is 2. The Morgan fingerprint density at radius 2 is 2.00 bits per heavy atom. The number of nitrogens with two attached hydrogens (primary N) is 1. The summed E-state index contributed by atoms with van der Waals surface area (Å²) in [6.45, 7) is 4.01. The van der Waals surface area contributed by atoms with Crippen LogP contribution < -0.4 is 11.1 Å². The zero-order chi connectivity index (χ0) is 15.2. The van der Waals surface area contributed by atoms with Crippen LogP contribution in [0.25, 0.3) is 0 Å². The van der Waals surface area contributed by atoms with E-state index in [-0.39, 0.29) is 5.91 Å². The highest BCUT2D eigenvalue weighted by atomic mass is 32.2. The summed E-state index contributed by atoms with van der Waals surface area (Å²) in [7, 11) is 0. The number of carbonyl (C=O) groups is 1. The number of carbonyl (C=O) groups excluding carboxylic acids is 1. The molecule has 3 nitrogen and oxygen atoms in total. The Bertz CT molecular complexity index is 640. The Labute approximate surface area is 129 Å². The fourth-order valence-corrected chi connectivity index (χ4v) is 2.97. The lowest BCUT2D eigenvalue weighted by Gasteiger charge is -2.09. The lowest BCUT2D eigenvalue weighted by molar-refractivity contribution is -0.115. The van der Waals surface area contributed by atoms with Gasteiger partial charge < -0.3 is 11.1 Å². The minimum absolute atomic E-state index is 0.0306. The second kappa shape index (κ2) is 7.18. The maximum atomic E-state index is 12.0. The number of nitrogen functional groups attached to an aromatic ring is 1. The monoisotopic (exact) mass is 300 g/mol. The standard InChI is InChI=1S/C17H20N2OS/c1-12-4-3-5-15(10-12)21-9-8-17(20)19-16-7-6-14(18)11-13(16)2/h3-7,10-11H,8-9,18H2,1-2H3,(H,19,20). The molecule has 2 aromatic carbocycles. The molecule has 1 amide bonds. The third-order valence-electron chi connectivity index (χ3n) is 3.11. The van der Waals surface area contributed by atoms with Crippen LogP contribution in [0.15, 0.2) is 47.4 Å². The van der Waals surface area contributed by atoms with Gasteiger partial charge in [-0.25, -0.2) is 0 Å². The van der Waals surface area contributed by atoms with Crippen molar-refractivity contribution in [3.8, 4) is 0 Å². The minimum Gasteiger partial charge on any atom is -0.399 e. The predicted octanol–water partition coefficient (Wildman–Crippen LogP) is 4.01. The number of amides is 1. The molecule has 3 N–H and O–H groups in total. The van der Waals surface area contributed by atoms with E-state index in [0.29, 0.717) is 12.1 Å². The summed E-state index contributed by atoms with van der Waals surface area (Å²) in [5.41, 5.74) is 9.46. The van der Waals surface area contributed by atoms with Crippen LogP contribution in [0.2, 0.25) is 0 Å². The van der Waals surface area contributed by atoms with Gasteiger partial charge in [0.15, 0.2) is 0 Å². The second-order valence-electron chi connectivity index (χ2n) is 5.04. The van der Waals surface area contributed by atoms with Gasteiger partial charge in [0.1, 0.15) is 0 Å². The smallest absolute Gasteiger partial charge is 0.225 e. The molecule has 0 unspecified atom stereocenters. The minimum atomic E-state index is 0.0306. The molecule has 0 aliphatic rings. The quantitative estimate of drug-likeness (QED) is 0.648. The van der Waals surface area contributed by atoms with Crippen LogP contribution in [-0.2, 0) is 4.79 Å². The number of thioether (sulfide) groups is 1. The fraction of sp³-hybridized carbons (Fsp3) is 0.235. The zero-order valence-electron chi connectivity index (χ0n) is 12.3. The van der Waals surface area contributed by atoms with E-state index < -0.39 is 0 Å². The number of hydrogen-bond acceptors (Lipinski definition) is 3. The van der Waals surface area contributed by atoms with Gasteiger partial charge in [0.2, 0.25) is 5.91 Å². The first kappa shape index (κ1) is 15.4. The van der Waals surface area contributed by atoms with Gasteiger partial charge >= 0.3 is 0 Å². The molecule has 0 bridgehead atoms. The Hall–Kier alpha value is -1.94. The fourth-order valence-electron chi connectivity index (χ4n) is 2.01. The molecular weight excluding hydrogens is 280 g/mol. The van der Waals surface area contributed by atoms with Gasteiger partial charge in [0.25, 0.3) is 0 Å². The van der Waals surface area contributed by atoms with Gasteiger partial charge in [0.05, 0.1) is 0 Å². The summed E-state index contributed by atoms with van der Waals surface area (Å²) in [6, 6.07) is 13.8. The van der Waals surface area contributed by atoms with Crippen LogP contribution in [0.4, 0.5) is 11.4 Å². The largest absolute Gasteiger partial charge is 0.399 e. The van der Waals surface area contributed by atoms with Crippen LogP contribution in [0.3, 0.4) is 0 Å². The van der Waals surface area contributed by atoms with Crippen molar-refractivity contribution < 1.29 is 4.79 Å². The molecule has 0 atom stereocenters. The molecule has 0 radical (unpaired) electrons. The molecule has 0 aromatic heterocycles. The van der Waals surface area contributed by atoms with Crippen molar-refractivity contribution in [2.24, 2.45) is 0 Å². The van der Waals surface area contributed by atoms with Crippen LogP contribution in [0.1, 0.15) is 17.5 Å². The average molecular weight is 300 g/mol. The highest BCUT2D eigenvalue weighted by Gasteiger charge is 2.05. The lowest BCUT2D eigenvalue weighted by Crippen LogP contribution is -2.13. The molecule has 0 spiro atoms. The molecule has 110 valence electrons. The van der Waals surface area contributed by atoms with Crippen molar-refractivity contribution in [2.45, 2.75) is 25.2 Å². The molecule has 2 aromatic rings. The van der Waals surface area contributed by atoms with Crippen molar-refractivity contribution in [2.75, 3.05) is 16.8 Å². The van der Waals surface area contributed by atoms with Crippen LogP contribution >= 0.6 is 11.8 Å². The van der Waals surface area contributed by atoms with Crippen molar-refractivity contribution in [3.63, 3.8) is 0 Å². The van der Waals surface area contributed by atoms with E-state index >= 15 is 0 Å². The number of benzene rings is 2.